The van der Waals surface area contributed by atoms with Crippen LogP contribution in [0.4, 0.5) is 0 Å². The van der Waals surface area contributed by atoms with Crippen LogP contribution in [0.2, 0.25) is 0 Å². The normalized spacial score (nSPS) is 14.9. The maximum Gasteiger partial charge on any atom is -0.0363 e. The third kappa shape index (κ3) is 16.9. The fourth-order valence-electron chi connectivity index (χ4n) is 5.03. The molecule has 0 heterocycles. The Kier molecular flexibility index (Phi) is 21.7. The summed E-state index contributed by atoms with van der Waals surface area (Å²) in [6, 6.07) is 0. The summed E-state index contributed by atoms with van der Waals surface area (Å²) in [5.74, 6) is 2.85. The van der Waals surface area contributed by atoms with Crippen molar-refractivity contribution in [1.29, 1.82) is 0 Å². The summed E-state index contributed by atoms with van der Waals surface area (Å²) in [6.45, 7) is 12.1. The zero-order valence-electron chi connectivity index (χ0n) is 20.9. The predicted molar refractivity (Wildman–Crippen MR) is 131 cm³/mol. The fourth-order valence-corrected chi connectivity index (χ4v) is 5.03. The van der Waals surface area contributed by atoms with Gasteiger partial charge in [0.2, 0.25) is 0 Å². The second-order valence-corrected chi connectivity index (χ2v) is 9.93. The van der Waals surface area contributed by atoms with E-state index in [-0.39, 0.29) is 0 Å². The summed E-state index contributed by atoms with van der Waals surface area (Å²) in [7, 11) is 0. The van der Waals surface area contributed by atoms with E-state index in [4.69, 9.17) is 0 Å². The maximum atomic E-state index is 2.58. The van der Waals surface area contributed by atoms with Crippen LogP contribution >= 0.6 is 0 Å². The molecule has 2 atom stereocenters. The van der Waals surface area contributed by atoms with Crippen molar-refractivity contribution in [2.45, 2.75) is 163 Å². The van der Waals surface area contributed by atoms with Gasteiger partial charge in [-0.1, -0.05) is 157 Å². The third-order valence-electron chi connectivity index (χ3n) is 7.13. The molecule has 2 unspecified atom stereocenters. The smallest absolute Gasteiger partial charge is 0.0363 e. The van der Waals surface area contributed by atoms with E-state index in [1.54, 1.807) is 0 Å². The predicted octanol–water partition coefficient (Wildman–Crippen LogP) is 10.7. The summed E-state index contributed by atoms with van der Waals surface area (Å²) in [6.07, 6.45) is 29.0. The molecule has 0 fully saturated rings. The highest BCUT2D eigenvalue weighted by molar-refractivity contribution is 4.73. The Morgan fingerprint density at radius 1 is 0.357 bits per heavy atom. The van der Waals surface area contributed by atoms with Gasteiger partial charge in [-0.05, 0) is 24.2 Å². The maximum absolute atomic E-state index is 2.58. The van der Waals surface area contributed by atoms with Gasteiger partial charge in [0, 0.05) is 0 Å². The minimum absolute atomic E-state index is 0.937. The molecular weight excluding hydrogens is 336 g/mol. The van der Waals surface area contributed by atoms with Gasteiger partial charge in [-0.25, -0.2) is 0 Å². The van der Waals surface area contributed by atoms with E-state index in [0.29, 0.717) is 0 Å². The van der Waals surface area contributed by atoms with Crippen LogP contribution < -0.4 is 0 Å². The lowest BCUT2D eigenvalue weighted by Gasteiger charge is -2.30. The molecular formula is C28H58. The summed E-state index contributed by atoms with van der Waals surface area (Å²) in [5.41, 5.74) is 0. The van der Waals surface area contributed by atoms with Gasteiger partial charge in [-0.15, -0.1) is 0 Å². The summed E-state index contributed by atoms with van der Waals surface area (Å²) in [4.78, 5) is 0. The Morgan fingerprint density at radius 3 is 1.04 bits per heavy atom. The molecule has 0 nitrogen and oxygen atoms in total. The van der Waals surface area contributed by atoms with E-state index in [0.717, 1.165) is 17.8 Å². The second kappa shape index (κ2) is 21.7. The Hall–Kier alpha value is 0. The molecule has 0 N–H and O–H groups in total. The van der Waals surface area contributed by atoms with Crippen molar-refractivity contribution in [3.05, 3.63) is 0 Å². The van der Waals surface area contributed by atoms with E-state index in [1.165, 1.54) is 128 Å². The summed E-state index contributed by atoms with van der Waals surface area (Å²) < 4.78 is 0. The second-order valence-electron chi connectivity index (χ2n) is 9.93. The van der Waals surface area contributed by atoms with Crippen LogP contribution in [0.25, 0.3) is 0 Å². The average molecular weight is 395 g/mol. The monoisotopic (exact) mass is 394 g/mol. The lowest BCUT2D eigenvalue weighted by Crippen LogP contribution is -2.20. The molecule has 0 bridgehead atoms. The van der Waals surface area contributed by atoms with Crippen LogP contribution in [0, 0.1) is 17.8 Å². The molecule has 0 spiro atoms. The Bertz CT molecular complexity index is 264. The fraction of sp³-hybridized carbons (Fsp3) is 1.00. The average Bonchev–Trinajstić information content (AvgIpc) is 2.69. The zero-order valence-corrected chi connectivity index (χ0v) is 20.9. The number of hydrogen-bond acceptors (Lipinski definition) is 0. The molecule has 0 aromatic carbocycles. The van der Waals surface area contributed by atoms with Crippen molar-refractivity contribution in [1.82, 2.24) is 0 Å². The van der Waals surface area contributed by atoms with Gasteiger partial charge >= 0.3 is 0 Å². The van der Waals surface area contributed by atoms with Gasteiger partial charge in [0.1, 0.15) is 0 Å². The molecule has 0 amide bonds. The number of unbranched alkanes of at least 4 members (excludes halogenated alkanes) is 14. The molecule has 0 aromatic rings. The van der Waals surface area contributed by atoms with Crippen LogP contribution in [0.1, 0.15) is 163 Å². The minimum atomic E-state index is 0.937. The Balaban J connectivity index is 4.13. The van der Waals surface area contributed by atoms with Crippen LogP contribution in [-0.4, -0.2) is 0 Å². The zero-order chi connectivity index (χ0) is 20.9. The highest BCUT2D eigenvalue weighted by Gasteiger charge is 2.22. The number of hydrogen-bond donors (Lipinski definition) is 0. The topological polar surface area (TPSA) is 0 Å². The lowest BCUT2D eigenvalue weighted by atomic mass is 9.75. The molecule has 0 saturated heterocycles. The molecule has 0 saturated carbocycles. The van der Waals surface area contributed by atoms with E-state index in [1.807, 2.05) is 0 Å². The molecule has 170 valence electrons. The third-order valence-corrected chi connectivity index (χ3v) is 7.13. The Morgan fingerprint density at radius 2 is 0.643 bits per heavy atom. The van der Waals surface area contributed by atoms with Gasteiger partial charge in [0.05, 0.1) is 0 Å². The van der Waals surface area contributed by atoms with Crippen molar-refractivity contribution in [2.75, 3.05) is 0 Å². The first-order valence-electron chi connectivity index (χ1n) is 13.7. The van der Waals surface area contributed by atoms with Crippen LogP contribution in [0.3, 0.4) is 0 Å². The van der Waals surface area contributed by atoms with Crippen LogP contribution in [0.5, 0.6) is 0 Å². The van der Waals surface area contributed by atoms with E-state index < -0.39 is 0 Å². The van der Waals surface area contributed by atoms with Gasteiger partial charge in [0.15, 0.2) is 0 Å². The van der Waals surface area contributed by atoms with E-state index in [9.17, 15) is 0 Å². The first kappa shape index (κ1) is 28.0. The van der Waals surface area contributed by atoms with Crippen molar-refractivity contribution >= 4 is 0 Å². The van der Waals surface area contributed by atoms with Crippen LogP contribution in [-0.2, 0) is 0 Å². The Labute approximate surface area is 181 Å². The van der Waals surface area contributed by atoms with Crippen molar-refractivity contribution in [3.8, 4) is 0 Å². The van der Waals surface area contributed by atoms with Gasteiger partial charge in [-0.3, -0.25) is 0 Å². The van der Waals surface area contributed by atoms with Crippen molar-refractivity contribution in [3.63, 3.8) is 0 Å². The molecule has 0 radical (unpaired) electrons. The molecule has 0 heteroatoms. The van der Waals surface area contributed by atoms with Gasteiger partial charge < -0.3 is 0 Å². The van der Waals surface area contributed by atoms with Crippen LogP contribution in [0.15, 0.2) is 0 Å². The van der Waals surface area contributed by atoms with E-state index >= 15 is 0 Å². The molecule has 0 aliphatic heterocycles. The first-order chi connectivity index (χ1) is 13.7. The SMILES string of the molecule is CCCCCCCCCCCC(C(C)CCCCCC)C(C)CCCCCC. The number of rotatable bonds is 22. The summed E-state index contributed by atoms with van der Waals surface area (Å²) in [5, 5.41) is 0. The quantitative estimate of drug-likeness (QED) is 0.160. The molecule has 0 aliphatic carbocycles. The molecule has 0 rings (SSSR count). The highest BCUT2D eigenvalue weighted by atomic mass is 14.3. The lowest BCUT2D eigenvalue weighted by molar-refractivity contribution is 0.204. The van der Waals surface area contributed by atoms with Crippen molar-refractivity contribution < 1.29 is 0 Å². The molecule has 28 heavy (non-hydrogen) atoms. The van der Waals surface area contributed by atoms with Crippen molar-refractivity contribution in [2.24, 2.45) is 17.8 Å². The standard InChI is InChI=1S/C28H58/c1-6-9-12-15-16-17-18-19-22-25-28(26(4)23-20-13-10-7-2)27(5)24-21-14-11-8-3/h26-28H,6-25H2,1-5H3. The molecule has 0 aromatic heterocycles. The van der Waals surface area contributed by atoms with Gasteiger partial charge in [0.25, 0.3) is 0 Å². The largest absolute Gasteiger partial charge is 0.0654 e. The summed E-state index contributed by atoms with van der Waals surface area (Å²) >= 11 is 0. The minimum Gasteiger partial charge on any atom is -0.0654 e. The van der Waals surface area contributed by atoms with Gasteiger partial charge in [-0.2, -0.15) is 0 Å². The molecule has 0 aliphatic rings. The van der Waals surface area contributed by atoms with E-state index in [2.05, 4.69) is 34.6 Å². The first-order valence-corrected chi connectivity index (χ1v) is 13.7. The highest BCUT2D eigenvalue weighted by Crippen LogP contribution is 2.33.